The average Bonchev–Trinajstić information content (AvgIpc) is 2.29. The molecule has 1 aliphatic heterocycles. The van der Waals surface area contributed by atoms with Crippen LogP contribution < -0.4 is 5.32 Å². The molecule has 1 N–H and O–H groups in total. The van der Waals surface area contributed by atoms with Gasteiger partial charge in [-0.05, 0) is 54.7 Å². The Morgan fingerprint density at radius 1 is 1.06 bits per heavy atom. The molecule has 0 amide bonds. The van der Waals surface area contributed by atoms with E-state index in [1.807, 2.05) is 0 Å². The minimum Gasteiger partial charge on any atom is -0.316 e. The Bertz CT molecular complexity index is 381. The predicted molar refractivity (Wildman–Crippen MR) is 72.4 cm³/mol. The summed E-state index contributed by atoms with van der Waals surface area (Å²) in [5.41, 5.74) is 3.29. The fraction of sp³-hybridized carbons (Fsp3) is 0.625. The molecule has 1 nitrogen and oxygen atoms in total. The van der Waals surface area contributed by atoms with Crippen LogP contribution in [0.5, 0.6) is 0 Å². The largest absolute Gasteiger partial charge is 0.316 e. The summed E-state index contributed by atoms with van der Waals surface area (Å²) in [5.74, 6) is 2.43. The number of hydrogen-bond acceptors (Lipinski definition) is 1. The Morgan fingerprint density at radius 3 is 2.47 bits per heavy atom. The molecule has 1 saturated heterocycles. The average molecular weight is 229 g/mol. The van der Waals surface area contributed by atoms with Gasteiger partial charge in [0.05, 0.1) is 0 Å². The molecule has 1 saturated carbocycles. The van der Waals surface area contributed by atoms with E-state index in [1.54, 1.807) is 11.1 Å². The molecule has 0 spiro atoms. The van der Waals surface area contributed by atoms with Crippen molar-refractivity contribution in [3.05, 3.63) is 35.4 Å². The highest BCUT2D eigenvalue weighted by molar-refractivity contribution is 5.35. The van der Waals surface area contributed by atoms with E-state index >= 15 is 0 Å². The minimum atomic E-state index is 0.737. The van der Waals surface area contributed by atoms with Crippen LogP contribution in [0, 0.1) is 5.92 Å². The van der Waals surface area contributed by atoms with Gasteiger partial charge in [-0.25, -0.2) is 0 Å². The van der Waals surface area contributed by atoms with E-state index in [-0.39, 0.29) is 0 Å². The van der Waals surface area contributed by atoms with Gasteiger partial charge in [-0.2, -0.15) is 0 Å². The topological polar surface area (TPSA) is 12.0 Å². The maximum Gasteiger partial charge on any atom is 0.00228 e. The Balaban J connectivity index is 1.89. The van der Waals surface area contributed by atoms with Crippen molar-refractivity contribution >= 4 is 0 Å². The van der Waals surface area contributed by atoms with Gasteiger partial charge in [0.1, 0.15) is 0 Å². The molecule has 17 heavy (non-hydrogen) atoms. The summed E-state index contributed by atoms with van der Waals surface area (Å²) in [6, 6.07) is 9.19. The van der Waals surface area contributed by atoms with E-state index in [1.165, 1.54) is 38.8 Å². The lowest BCUT2D eigenvalue weighted by atomic mass is 9.73. The number of hydrogen-bond donors (Lipinski definition) is 1. The molecule has 3 rings (SSSR count). The van der Waals surface area contributed by atoms with Crippen LogP contribution in [0.2, 0.25) is 0 Å². The third kappa shape index (κ3) is 2.13. The second-order valence-electron chi connectivity index (χ2n) is 5.83. The summed E-state index contributed by atoms with van der Waals surface area (Å²) in [5, 5.41) is 3.57. The third-order valence-corrected chi connectivity index (χ3v) is 4.77. The maximum atomic E-state index is 3.57. The highest BCUT2D eigenvalue weighted by atomic mass is 14.9. The van der Waals surface area contributed by atoms with Crippen LogP contribution in [0.15, 0.2) is 24.3 Å². The zero-order valence-corrected chi connectivity index (χ0v) is 10.8. The fourth-order valence-corrected chi connectivity index (χ4v) is 3.35. The number of piperidine rings is 1. The van der Waals surface area contributed by atoms with E-state index in [4.69, 9.17) is 0 Å². The minimum absolute atomic E-state index is 0.737. The third-order valence-electron chi connectivity index (χ3n) is 4.77. The molecular formula is C16H23N. The van der Waals surface area contributed by atoms with Crippen molar-refractivity contribution in [3.8, 4) is 0 Å². The first-order chi connectivity index (χ1) is 8.36. The zero-order valence-electron chi connectivity index (χ0n) is 10.8. The Morgan fingerprint density at radius 2 is 1.82 bits per heavy atom. The first-order valence-corrected chi connectivity index (χ1v) is 7.16. The molecule has 2 aliphatic rings. The smallest absolute Gasteiger partial charge is 0.00228 e. The lowest BCUT2D eigenvalue weighted by molar-refractivity contribution is 0.340. The van der Waals surface area contributed by atoms with Crippen LogP contribution in [-0.2, 0) is 0 Å². The monoisotopic (exact) mass is 229 g/mol. The van der Waals surface area contributed by atoms with Crippen molar-refractivity contribution in [2.24, 2.45) is 5.92 Å². The SMILES string of the molecule is CC1CCNCC1c1ccccc1C1CCC1. The van der Waals surface area contributed by atoms with E-state index in [2.05, 4.69) is 36.5 Å². The summed E-state index contributed by atoms with van der Waals surface area (Å²) in [7, 11) is 0. The molecule has 1 heteroatoms. The Labute approximate surface area is 105 Å². The van der Waals surface area contributed by atoms with Crippen LogP contribution in [0.4, 0.5) is 0 Å². The van der Waals surface area contributed by atoms with E-state index in [0.717, 1.165) is 17.8 Å². The van der Waals surface area contributed by atoms with Gasteiger partial charge in [0, 0.05) is 6.54 Å². The summed E-state index contributed by atoms with van der Waals surface area (Å²) in [6.07, 6.45) is 5.57. The normalized spacial score (nSPS) is 29.9. The van der Waals surface area contributed by atoms with Gasteiger partial charge < -0.3 is 5.32 Å². The van der Waals surface area contributed by atoms with Crippen LogP contribution in [0.25, 0.3) is 0 Å². The van der Waals surface area contributed by atoms with Crippen molar-refractivity contribution in [2.45, 2.75) is 44.4 Å². The highest BCUT2D eigenvalue weighted by Gasteiger charge is 2.28. The fourth-order valence-electron chi connectivity index (χ4n) is 3.35. The number of rotatable bonds is 2. The van der Waals surface area contributed by atoms with Crippen LogP contribution >= 0.6 is 0 Å². The van der Waals surface area contributed by atoms with Crippen LogP contribution in [-0.4, -0.2) is 13.1 Å². The molecule has 92 valence electrons. The number of nitrogens with one attached hydrogen (secondary N) is 1. The molecule has 1 aromatic rings. The Kier molecular flexibility index (Phi) is 3.19. The highest BCUT2D eigenvalue weighted by Crippen LogP contribution is 2.41. The summed E-state index contributed by atoms with van der Waals surface area (Å²) in [6.45, 7) is 4.79. The van der Waals surface area contributed by atoms with Crippen molar-refractivity contribution in [1.82, 2.24) is 5.32 Å². The van der Waals surface area contributed by atoms with Gasteiger partial charge in [0.25, 0.3) is 0 Å². The molecular weight excluding hydrogens is 206 g/mol. The molecule has 0 radical (unpaired) electrons. The molecule has 0 bridgehead atoms. The first-order valence-electron chi connectivity index (χ1n) is 7.16. The molecule has 1 aliphatic carbocycles. The lowest BCUT2D eigenvalue weighted by Crippen LogP contribution is -2.34. The van der Waals surface area contributed by atoms with E-state index in [9.17, 15) is 0 Å². The van der Waals surface area contributed by atoms with Crippen molar-refractivity contribution in [3.63, 3.8) is 0 Å². The van der Waals surface area contributed by atoms with Crippen molar-refractivity contribution in [2.75, 3.05) is 13.1 Å². The molecule has 2 unspecified atom stereocenters. The van der Waals surface area contributed by atoms with Gasteiger partial charge in [-0.15, -0.1) is 0 Å². The second kappa shape index (κ2) is 4.81. The van der Waals surface area contributed by atoms with Crippen molar-refractivity contribution in [1.29, 1.82) is 0 Å². The Hall–Kier alpha value is -0.820. The van der Waals surface area contributed by atoms with Gasteiger partial charge in [0.15, 0.2) is 0 Å². The van der Waals surface area contributed by atoms with Crippen molar-refractivity contribution < 1.29 is 0 Å². The molecule has 1 heterocycles. The summed E-state index contributed by atoms with van der Waals surface area (Å²) >= 11 is 0. The van der Waals surface area contributed by atoms with Crippen LogP contribution in [0.3, 0.4) is 0 Å². The molecule has 1 aromatic carbocycles. The van der Waals surface area contributed by atoms with Gasteiger partial charge >= 0.3 is 0 Å². The van der Waals surface area contributed by atoms with Crippen LogP contribution in [0.1, 0.15) is 55.6 Å². The first kappa shape index (κ1) is 11.3. The van der Waals surface area contributed by atoms with Gasteiger partial charge in [-0.1, -0.05) is 37.6 Å². The zero-order chi connectivity index (χ0) is 11.7. The summed E-state index contributed by atoms with van der Waals surface area (Å²) < 4.78 is 0. The lowest BCUT2D eigenvalue weighted by Gasteiger charge is -2.35. The standard InChI is InChI=1S/C16H23N/c1-12-9-10-17-11-16(12)15-8-3-2-7-14(15)13-5-4-6-13/h2-3,7-8,12-13,16-17H,4-6,9-11H2,1H3. The van der Waals surface area contributed by atoms with E-state index < -0.39 is 0 Å². The van der Waals surface area contributed by atoms with Gasteiger partial charge in [0.2, 0.25) is 0 Å². The van der Waals surface area contributed by atoms with E-state index in [0.29, 0.717) is 0 Å². The summed E-state index contributed by atoms with van der Waals surface area (Å²) in [4.78, 5) is 0. The number of benzene rings is 1. The molecule has 0 aromatic heterocycles. The quantitative estimate of drug-likeness (QED) is 0.816. The molecule has 2 fully saturated rings. The van der Waals surface area contributed by atoms with Gasteiger partial charge in [-0.3, -0.25) is 0 Å². The maximum absolute atomic E-state index is 3.57. The second-order valence-corrected chi connectivity index (χ2v) is 5.83. The predicted octanol–water partition coefficient (Wildman–Crippen LogP) is 3.67. The molecule has 2 atom stereocenters.